The maximum absolute atomic E-state index is 12.8. The molecule has 7 nitrogen and oxygen atoms in total. The maximum Gasteiger partial charge on any atom is 0.227 e. The van der Waals surface area contributed by atoms with E-state index in [0.29, 0.717) is 11.9 Å². The fourth-order valence-corrected chi connectivity index (χ4v) is 4.41. The van der Waals surface area contributed by atoms with Gasteiger partial charge in [0.1, 0.15) is 5.82 Å². The van der Waals surface area contributed by atoms with Crippen molar-refractivity contribution in [3.05, 3.63) is 5.82 Å². The smallest absolute Gasteiger partial charge is 0.227 e. The number of carbonyl (C=O) groups is 1. The molecule has 1 saturated carbocycles. The predicted octanol–water partition coefficient (Wildman–Crippen LogP) is 1.09. The summed E-state index contributed by atoms with van der Waals surface area (Å²) in [5.74, 6) is 2.29. The number of nitrogens with zero attached hydrogens (tertiary/aromatic N) is 6. The fourth-order valence-electron chi connectivity index (χ4n) is 4.41. The van der Waals surface area contributed by atoms with Crippen LogP contribution in [0.5, 0.6) is 0 Å². The largest absolute Gasteiger partial charge is 0.338 e. The number of fused-ring (bicyclic) bond motifs is 4. The lowest BCUT2D eigenvalue weighted by atomic mass is 9.83. The third kappa shape index (κ3) is 3.18. The molecule has 2 atom stereocenters. The molecule has 2 unspecified atom stereocenters. The lowest BCUT2D eigenvalue weighted by molar-refractivity contribution is -0.141. The van der Waals surface area contributed by atoms with Gasteiger partial charge in [0.2, 0.25) is 5.91 Å². The first-order valence-corrected chi connectivity index (χ1v) is 9.46. The molecular weight excluding hydrogens is 304 g/mol. The predicted molar refractivity (Wildman–Crippen MR) is 89.2 cm³/mol. The molecule has 0 spiro atoms. The minimum Gasteiger partial charge on any atom is -0.338 e. The summed E-state index contributed by atoms with van der Waals surface area (Å²) in [4.78, 5) is 17.5. The third-order valence-corrected chi connectivity index (χ3v) is 6.10. The van der Waals surface area contributed by atoms with E-state index >= 15 is 0 Å². The van der Waals surface area contributed by atoms with Crippen molar-refractivity contribution in [3.8, 4) is 0 Å². The van der Waals surface area contributed by atoms with Crippen LogP contribution < -0.4 is 0 Å². The van der Waals surface area contributed by atoms with Gasteiger partial charge in [-0.1, -0.05) is 6.42 Å². The van der Waals surface area contributed by atoms with E-state index in [9.17, 15) is 4.79 Å². The maximum atomic E-state index is 12.8. The molecule has 0 N–H and O–H groups in total. The Balaban J connectivity index is 1.33. The minimum atomic E-state index is 0.221. The number of aromatic nitrogens is 4. The van der Waals surface area contributed by atoms with Crippen LogP contribution in [-0.4, -0.2) is 68.1 Å². The van der Waals surface area contributed by atoms with Crippen molar-refractivity contribution >= 4 is 5.91 Å². The Labute approximate surface area is 143 Å². The number of amides is 1. The van der Waals surface area contributed by atoms with Crippen LogP contribution in [0, 0.1) is 18.8 Å². The average molecular weight is 332 g/mol. The zero-order chi connectivity index (χ0) is 16.5. The molecule has 1 aliphatic carbocycles. The summed E-state index contributed by atoms with van der Waals surface area (Å²) < 4.78 is 1.86. The number of hydrogen-bond donors (Lipinski definition) is 0. The van der Waals surface area contributed by atoms with Crippen LogP contribution in [0.2, 0.25) is 0 Å². The molecule has 4 fully saturated rings. The molecule has 2 bridgehead atoms. The van der Waals surface area contributed by atoms with Crippen molar-refractivity contribution in [1.82, 2.24) is 30.0 Å². The fraction of sp³-hybridized carbons (Fsp3) is 0.882. The Bertz CT molecular complexity index is 583. The second-order valence-electron chi connectivity index (χ2n) is 7.78. The van der Waals surface area contributed by atoms with Crippen molar-refractivity contribution in [1.29, 1.82) is 0 Å². The van der Waals surface area contributed by atoms with Crippen molar-refractivity contribution in [2.75, 3.05) is 26.2 Å². The second kappa shape index (κ2) is 6.78. The molecule has 3 aliphatic heterocycles. The normalized spacial score (nSPS) is 28.2. The molecule has 4 aliphatic rings. The molecule has 0 radical (unpaired) electrons. The molecule has 5 rings (SSSR count). The van der Waals surface area contributed by atoms with E-state index in [1.54, 1.807) is 0 Å². The topological polar surface area (TPSA) is 67.2 Å². The van der Waals surface area contributed by atoms with Gasteiger partial charge in [0.05, 0.1) is 5.92 Å². The number of carbonyl (C=O) groups excluding carboxylic acids is 1. The van der Waals surface area contributed by atoms with Crippen molar-refractivity contribution in [2.45, 2.75) is 58.0 Å². The van der Waals surface area contributed by atoms with Crippen molar-refractivity contribution < 1.29 is 4.79 Å². The first kappa shape index (κ1) is 16.0. The molecule has 4 heterocycles. The second-order valence-corrected chi connectivity index (χ2v) is 7.78. The van der Waals surface area contributed by atoms with Crippen LogP contribution in [-0.2, 0) is 11.3 Å². The van der Waals surface area contributed by atoms with Gasteiger partial charge in [0.25, 0.3) is 0 Å². The summed E-state index contributed by atoms with van der Waals surface area (Å²) >= 11 is 0. The summed E-state index contributed by atoms with van der Waals surface area (Å²) in [5, 5.41) is 11.6. The molecule has 1 aromatic heterocycles. The van der Waals surface area contributed by atoms with E-state index in [1.807, 2.05) is 11.6 Å². The van der Waals surface area contributed by atoms with E-state index in [1.165, 1.54) is 25.7 Å². The van der Waals surface area contributed by atoms with Crippen LogP contribution in [0.4, 0.5) is 0 Å². The molecule has 3 saturated heterocycles. The Morgan fingerprint density at radius 3 is 2.71 bits per heavy atom. The highest BCUT2D eigenvalue weighted by molar-refractivity contribution is 5.80. The standard InChI is InChI=1S/C17H28N6O/c1-13-18-19-20-23(13)9-3-8-21-11-15-6-7-16(12-21)22(17(15)24)10-14-4-2-5-14/h14-16H,2-12H2,1H3. The SMILES string of the molecule is Cc1nnnn1CCCN1CC2CCC(C1)N(CC1CCC1)C2=O. The Hall–Kier alpha value is -1.50. The van der Waals surface area contributed by atoms with Crippen LogP contribution in [0.15, 0.2) is 0 Å². The quantitative estimate of drug-likeness (QED) is 0.780. The van der Waals surface area contributed by atoms with Gasteiger partial charge in [-0.2, -0.15) is 0 Å². The molecule has 1 aromatic rings. The summed E-state index contributed by atoms with van der Waals surface area (Å²) in [6, 6.07) is 0.437. The average Bonchev–Trinajstić information content (AvgIpc) is 2.76. The zero-order valence-corrected chi connectivity index (χ0v) is 14.6. The molecule has 0 aromatic carbocycles. The van der Waals surface area contributed by atoms with Crippen molar-refractivity contribution in [3.63, 3.8) is 0 Å². The summed E-state index contributed by atoms with van der Waals surface area (Å²) in [5.41, 5.74) is 0. The highest BCUT2D eigenvalue weighted by Crippen LogP contribution is 2.33. The van der Waals surface area contributed by atoms with Crippen LogP contribution in [0.1, 0.15) is 44.3 Å². The zero-order valence-electron chi connectivity index (χ0n) is 14.6. The third-order valence-electron chi connectivity index (χ3n) is 6.10. The molecular formula is C17H28N6O. The highest BCUT2D eigenvalue weighted by atomic mass is 16.2. The monoisotopic (exact) mass is 332 g/mol. The van der Waals surface area contributed by atoms with Gasteiger partial charge in [0, 0.05) is 38.8 Å². The summed E-state index contributed by atoms with van der Waals surface area (Å²) in [7, 11) is 0. The van der Waals surface area contributed by atoms with E-state index in [2.05, 4.69) is 25.3 Å². The highest BCUT2D eigenvalue weighted by Gasteiger charge is 2.41. The lowest BCUT2D eigenvalue weighted by Gasteiger charge is -2.40. The number of piperidine rings is 1. The van der Waals surface area contributed by atoms with Crippen LogP contribution in [0.25, 0.3) is 0 Å². The van der Waals surface area contributed by atoms with Crippen molar-refractivity contribution in [2.24, 2.45) is 11.8 Å². The molecule has 1 amide bonds. The van der Waals surface area contributed by atoms with E-state index in [0.717, 1.165) is 57.3 Å². The number of hydrogen-bond acceptors (Lipinski definition) is 5. The van der Waals surface area contributed by atoms with Gasteiger partial charge >= 0.3 is 0 Å². The number of aryl methyl sites for hydroxylation is 2. The first-order chi connectivity index (χ1) is 11.7. The molecule has 132 valence electrons. The van der Waals surface area contributed by atoms with Crippen LogP contribution >= 0.6 is 0 Å². The van der Waals surface area contributed by atoms with Gasteiger partial charge < -0.3 is 9.80 Å². The minimum absolute atomic E-state index is 0.221. The van der Waals surface area contributed by atoms with Crippen LogP contribution in [0.3, 0.4) is 0 Å². The lowest BCUT2D eigenvalue weighted by Crippen LogP contribution is -2.50. The van der Waals surface area contributed by atoms with Gasteiger partial charge in [-0.05, 0) is 55.4 Å². The Morgan fingerprint density at radius 1 is 1.12 bits per heavy atom. The summed E-state index contributed by atoms with van der Waals surface area (Å²) in [6.45, 7) is 6.80. The van der Waals surface area contributed by atoms with E-state index in [4.69, 9.17) is 0 Å². The van der Waals surface area contributed by atoms with Gasteiger partial charge in [0.15, 0.2) is 0 Å². The van der Waals surface area contributed by atoms with E-state index in [-0.39, 0.29) is 5.92 Å². The number of tetrazole rings is 1. The summed E-state index contributed by atoms with van der Waals surface area (Å²) in [6.07, 6.45) is 7.27. The van der Waals surface area contributed by atoms with Gasteiger partial charge in [-0.3, -0.25) is 4.79 Å². The first-order valence-electron chi connectivity index (χ1n) is 9.46. The van der Waals surface area contributed by atoms with E-state index < -0.39 is 0 Å². The Kier molecular flexibility index (Phi) is 4.52. The number of rotatable bonds is 6. The van der Waals surface area contributed by atoms with Gasteiger partial charge in [-0.15, -0.1) is 5.10 Å². The van der Waals surface area contributed by atoms with Gasteiger partial charge in [-0.25, -0.2) is 4.68 Å². The molecule has 24 heavy (non-hydrogen) atoms. The molecule has 7 heteroatoms. The Morgan fingerprint density at radius 2 is 2.00 bits per heavy atom.